The van der Waals surface area contributed by atoms with Crippen molar-refractivity contribution in [3.8, 4) is 0 Å². The van der Waals surface area contributed by atoms with Gasteiger partial charge in [0.25, 0.3) is 0 Å². The molecule has 0 saturated heterocycles. The number of pyridine rings is 1. The molecule has 0 fully saturated rings. The maximum Gasteiger partial charge on any atom is 0.226 e. The summed E-state index contributed by atoms with van der Waals surface area (Å²) in [4.78, 5) is 8.45. The lowest BCUT2D eigenvalue weighted by atomic mass is 10.0. The van der Waals surface area contributed by atoms with E-state index in [0.29, 0.717) is 11.0 Å². The quantitative estimate of drug-likeness (QED) is 0.788. The van der Waals surface area contributed by atoms with Crippen molar-refractivity contribution in [2.45, 2.75) is 6.04 Å². The van der Waals surface area contributed by atoms with Gasteiger partial charge in [0, 0.05) is 28.7 Å². The van der Waals surface area contributed by atoms with Crippen molar-refractivity contribution in [1.29, 1.82) is 0 Å². The Hall–Kier alpha value is -2.66. The molecule has 0 spiro atoms. The first kappa shape index (κ1) is 13.0. The Bertz CT molecular complexity index is 823. The molecule has 1 aromatic carbocycles. The average molecular weight is 310 g/mol. The van der Waals surface area contributed by atoms with Crippen LogP contribution in [0.15, 0.2) is 61.2 Å². The second-order valence-electron chi connectivity index (χ2n) is 4.97. The molecule has 5 nitrogen and oxygen atoms in total. The molecular weight excluding hydrogens is 298 g/mol. The van der Waals surface area contributed by atoms with Crippen molar-refractivity contribution in [3.63, 3.8) is 0 Å². The average Bonchev–Trinajstić information content (AvgIpc) is 3.04. The molecule has 2 aromatic heterocycles. The van der Waals surface area contributed by atoms with E-state index in [2.05, 4.69) is 26.5 Å². The molecule has 1 aliphatic heterocycles. The topological polar surface area (TPSA) is 55.6 Å². The summed E-state index contributed by atoms with van der Waals surface area (Å²) in [6.45, 7) is 0. The number of nitrogens with zero attached hydrogens (tertiary/aromatic N) is 4. The molecule has 3 heterocycles. The summed E-state index contributed by atoms with van der Waals surface area (Å²) in [7, 11) is 0. The minimum Gasteiger partial charge on any atom is -0.324 e. The van der Waals surface area contributed by atoms with Gasteiger partial charge in [0.2, 0.25) is 5.95 Å². The lowest BCUT2D eigenvalue weighted by Crippen LogP contribution is -2.20. The molecule has 1 aliphatic rings. The maximum absolute atomic E-state index is 5.98. The number of aromatic nitrogens is 4. The fourth-order valence-corrected chi connectivity index (χ4v) is 2.65. The minimum atomic E-state index is -0.0359. The van der Waals surface area contributed by atoms with E-state index in [1.54, 1.807) is 12.5 Å². The third-order valence-electron chi connectivity index (χ3n) is 3.59. The second-order valence-corrected chi connectivity index (χ2v) is 5.41. The summed E-state index contributed by atoms with van der Waals surface area (Å²) >= 11 is 5.98. The fourth-order valence-electron chi connectivity index (χ4n) is 2.52. The molecule has 0 bridgehead atoms. The van der Waals surface area contributed by atoms with Crippen molar-refractivity contribution in [1.82, 2.24) is 19.7 Å². The van der Waals surface area contributed by atoms with Gasteiger partial charge in [0.15, 0.2) is 0 Å². The number of halogens is 1. The van der Waals surface area contributed by atoms with Gasteiger partial charge in [0.1, 0.15) is 12.4 Å². The van der Waals surface area contributed by atoms with Crippen LogP contribution in [0.2, 0.25) is 5.02 Å². The Morgan fingerprint density at radius 1 is 1.14 bits per heavy atom. The standard InChI is InChI=1S/C16H12ClN5/c17-13-5-3-11(4-6-13)15-8-14(12-2-1-7-18-9-12)21-16-19-10-20-22(15)16/h1-10,15H,(H,19,20,21). The molecule has 0 aliphatic carbocycles. The highest BCUT2D eigenvalue weighted by Crippen LogP contribution is 2.31. The number of benzene rings is 1. The van der Waals surface area contributed by atoms with Gasteiger partial charge in [-0.25, -0.2) is 4.68 Å². The highest BCUT2D eigenvalue weighted by molar-refractivity contribution is 6.30. The molecule has 108 valence electrons. The van der Waals surface area contributed by atoms with Crippen LogP contribution in [0.5, 0.6) is 0 Å². The molecule has 0 amide bonds. The first-order valence-corrected chi connectivity index (χ1v) is 7.23. The van der Waals surface area contributed by atoms with Crippen LogP contribution in [-0.4, -0.2) is 19.7 Å². The Labute approximate surface area is 132 Å². The number of anilines is 1. The zero-order chi connectivity index (χ0) is 14.9. The zero-order valence-electron chi connectivity index (χ0n) is 11.5. The second kappa shape index (κ2) is 5.27. The number of nitrogens with one attached hydrogen (secondary N) is 1. The predicted octanol–water partition coefficient (Wildman–Crippen LogP) is 3.38. The molecule has 1 N–H and O–H groups in total. The molecule has 1 unspecified atom stereocenters. The van der Waals surface area contributed by atoms with Crippen molar-refractivity contribution in [2.75, 3.05) is 5.32 Å². The van der Waals surface area contributed by atoms with E-state index in [4.69, 9.17) is 11.6 Å². The summed E-state index contributed by atoms with van der Waals surface area (Å²) < 4.78 is 1.85. The van der Waals surface area contributed by atoms with Gasteiger partial charge in [-0.1, -0.05) is 23.7 Å². The maximum atomic E-state index is 5.98. The summed E-state index contributed by atoms with van der Waals surface area (Å²) in [5.74, 6) is 0.710. The van der Waals surface area contributed by atoms with Crippen molar-refractivity contribution in [2.24, 2.45) is 0 Å². The van der Waals surface area contributed by atoms with Gasteiger partial charge >= 0.3 is 0 Å². The Morgan fingerprint density at radius 3 is 2.77 bits per heavy atom. The van der Waals surface area contributed by atoms with E-state index in [9.17, 15) is 0 Å². The monoisotopic (exact) mass is 309 g/mol. The highest BCUT2D eigenvalue weighted by Gasteiger charge is 2.23. The molecule has 3 aromatic rings. The minimum absolute atomic E-state index is 0.0359. The third kappa shape index (κ3) is 2.25. The molecule has 0 saturated carbocycles. The predicted molar refractivity (Wildman–Crippen MR) is 85.4 cm³/mol. The Kier molecular flexibility index (Phi) is 3.12. The largest absolute Gasteiger partial charge is 0.324 e. The first-order chi connectivity index (χ1) is 10.8. The van der Waals surface area contributed by atoms with Crippen LogP contribution in [0.1, 0.15) is 17.2 Å². The van der Waals surface area contributed by atoms with Crippen LogP contribution >= 0.6 is 11.6 Å². The van der Waals surface area contributed by atoms with Gasteiger partial charge in [-0.15, -0.1) is 0 Å². The van der Waals surface area contributed by atoms with Gasteiger partial charge in [-0.2, -0.15) is 10.1 Å². The van der Waals surface area contributed by atoms with E-state index in [1.807, 2.05) is 47.3 Å². The van der Waals surface area contributed by atoms with E-state index in [-0.39, 0.29) is 6.04 Å². The van der Waals surface area contributed by atoms with Crippen LogP contribution in [0.4, 0.5) is 5.95 Å². The third-order valence-corrected chi connectivity index (χ3v) is 3.84. The van der Waals surface area contributed by atoms with Crippen LogP contribution in [0.25, 0.3) is 5.70 Å². The summed E-state index contributed by atoms with van der Waals surface area (Å²) in [5.41, 5.74) is 3.07. The number of rotatable bonds is 2. The molecular formula is C16H12ClN5. The summed E-state index contributed by atoms with van der Waals surface area (Å²) in [6, 6.07) is 11.7. The van der Waals surface area contributed by atoms with E-state index in [1.165, 1.54) is 0 Å². The number of allylic oxidation sites excluding steroid dienone is 1. The highest BCUT2D eigenvalue weighted by atomic mass is 35.5. The first-order valence-electron chi connectivity index (χ1n) is 6.85. The molecule has 4 rings (SSSR count). The SMILES string of the molecule is Clc1ccc(C2C=C(c3cccnc3)Nc3ncnn32)cc1. The lowest BCUT2D eigenvalue weighted by Gasteiger charge is -2.24. The van der Waals surface area contributed by atoms with Crippen LogP contribution in [0, 0.1) is 0 Å². The van der Waals surface area contributed by atoms with Crippen LogP contribution in [0.3, 0.4) is 0 Å². The Balaban J connectivity index is 1.81. The van der Waals surface area contributed by atoms with Gasteiger partial charge < -0.3 is 5.32 Å². The summed E-state index contributed by atoms with van der Waals surface area (Å²) in [6.07, 6.45) is 7.24. The Morgan fingerprint density at radius 2 is 2.00 bits per heavy atom. The lowest BCUT2D eigenvalue weighted by molar-refractivity contribution is 0.612. The molecule has 1 atom stereocenters. The summed E-state index contributed by atoms with van der Waals surface area (Å²) in [5, 5.41) is 8.32. The van der Waals surface area contributed by atoms with Crippen molar-refractivity contribution < 1.29 is 0 Å². The van der Waals surface area contributed by atoms with Crippen molar-refractivity contribution in [3.05, 3.63) is 77.3 Å². The van der Waals surface area contributed by atoms with E-state index in [0.717, 1.165) is 16.8 Å². The van der Waals surface area contributed by atoms with Crippen LogP contribution < -0.4 is 5.32 Å². The van der Waals surface area contributed by atoms with Gasteiger partial charge in [0.05, 0.1) is 0 Å². The van der Waals surface area contributed by atoms with Crippen molar-refractivity contribution >= 4 is 23.2 Å². The number of hydrogen-bond acceptors (Lipinski definition) is 4. The molecule has 0 radical (unpaired) electrons. The number of fused-ring (bicyclic) bond motifs is 1. The van der Waals surface area contributed by atoms with Gasteiger partial charge in [-0.05, 0) is 35.9 Å². The molecule has 22 heavy (non-hydrogen) atoms. The molecule has 6 heteroatoms. The van der Waals surface area contributed by atoms with Gasteiger partial charge in [-0.3, -0.25) is 4.98 Å². The fraction of sp³-hybridized carbons (Fsp3) is 0.0625. The number of hydrogen-bond donors (Lipinski definition) is 1. The normalized spacial score (nSPS) is 16.6. The van der Waals surface area contributed by atoms with E-state index >= 15 is 0 Å². The zero-order valence-corrected chi connectivity index (χ0v) is 12.3. The van der Waals surface area contributed by atoms with E-state index < -0.39 is 0 Å². The smallest absolute Gasteiger partial charge is 0.226 e. The van der Waals surface area contributed by atoms with Crippen LogP contribution in [-0.2, 0) is 0 Å².